The molecule has 0 aromatic heterocycles. The first kappa shape index (κ1) is 12.2. The minimum absolute atomic E-state index is 0.180. The zero-order valence-corrected chi connectivity index (χ0v) is 10.8. The number of carbonyl (C=O) groups excluding carboxylic acids is 2. The molecule has 1 aliphatic rings. The van der Waals surface area contributed by atoms with Crippen molar-refractivity contribution in [3.8, 4) is 0 Å². The molecule has 17 heavy (non-hydrogen) atoms. The van der Waals surface area contributed by atoms with E-state index in [1.165, 1.54) is 0 Å². The lowest BCUT2D eigenvalue weighted by Gasteiger charge is -2.18. The van der Waals surface area contributed by atoms with Gasteiger partial charge in [0, 0.05) is 23.1 Å². The maximum Gasteiger partial charge on any atom is 0.201 e. The van der Waals surface area contributed by atoms with Crippen molar-refractivity contribution in [1.82, 2.24) is 0 Å². The van der Waals surface area contributed by atoms with Crippen LogP contribution in [0, 0.1) is 0 Å². The zero-order chi connectivity index (χ0) is 12.6. The van der Waals surface area contributed by atoms with Gasteiger partial charge in [-0.05, 0) is 22.9 Å². The van der Waals surface area contributed by atoms with E-state index in [0.717, 1.165) is 0 Å². The molecule has 3 nitrogen and oxygen atoms in total. The standard InChI is InChI=1S/C13H11BrO3/c1-7(15)6-10-11(14)13(17)9-5-3-2-4-8(9)12(10)16/h2-5,7,15H,6H2,1H3. The highest BCUT2D eigenvalue weighted by atomic mass is 79.9. The van der Waals surface area contributed by atoms with Crippen LogP contribution in [-0.4, -0.2) is 22.8 Å². The Morgan fingerprint density at radius 3 is 2.24 bits per heavy atom. The molecule has 0 amide bonds. The van der Waals surface area contributed by atoms with Crippen LogP contribution >= 0.6 is 15.9 Å². The van der Waals surface area contributed by atoms with Crippen LogP contribution < -0.4 is 0 Å². The number of ketones is 2. The molecule has 0 radical (unpaired) electrons. The van der Waals surface area contributed by atoms with Gasteiger partial charge in [-0.3, -0.25) is 9.59 Å². The van der Waals surface area contributed by atoms with Crippen LogP contribution in [0.5, 0.6) is 0 Å². The summed E-state index contributed by atoms with van der Waals surface area (Å²) in [6, 6.07) is 6.72. The van der Waals surface area contributed by atoms with Gasteiger partial charge in [-0.1, -0.05) is 24.3 Å². The van der Waals surface area contributed by atoms with E-state index in [-0.39, 0.29) is 22.5 Å². The molecule has 0 saturated carbocycles. The third-order valence-corrected chi connectivity index (χ3v) is 3.49. The Morgan fingerprint density at radius 2 is 1.71 bits per heavy atom. The molecule has 0 fully saturated rings. The summed E-state index contributed by atoms with van der Waals surface area (Å²) in [5.74, 6) is -0.385. The van der Waals surface area contributed by atoms with Crippen molar-refractivity contribution in [1.29, 1.82) is 0 Å². The summed E-state index contributed by atoms with van der Waals surface area (Å²) in [6.07, 6.45) is -0.473. The molecule has 0 bridgehead atoms. The zero-order valence-electron chi connectivity index (χ0n) is 9.24. The van der Waals surface area contributed by atoms with Crippen LogP contribution in [0.3, 0.4) is 0 Å². The van der Waals surface area contributed by atoms with Crippen molar-refractivity contribution in [3.05, 3.63) is 45.4 Å². The lowest BCUT2D eigenvalue weighted by Crippen LogP contribution is -2.21. The van der Waals surface area contributed by atoms with Gasteiger partial charge in [0.25, 0.3) is 0 Å². The predicted octanol–water partition coefficient (Wildman–Crippen LogP) is 2.49. The Hall–Kier alpha value is -1.26. The molecule has 0 saturated heterocycles. The monoisotopic (exact) mass is 294 g/mol. The van der Waals surface area contributed by atoms with Gasteiger partial charge >= 0.3 is 0 Å². The third-order valence-electron chi connectivity index (χ3n) is 2.65. The summed E-state index contributed by atoms with van der Waals surface area (Å²) < 4.78 is 0.266. The number of fused-ring (bicyclic) bond motifs is 1. The van der Waals surface area contributed by atoms with E-state index in [0.29, 0.717) is 16.7 Å². The fraction of sp³-hybridized carbons (Fsp3) is 0.231. The fourth-order valence-corrected chi connectivity index (χ4v) is 2.43. The van der Waals surface area contributed by atoms with Crippen molar-refractivity contribution < 1.29 is 14.7 Å². The fourth-order valence-electron chi connectivity index (χ4n) is 1.87. The molecule has 1 N–H and O–H groups in total. The van der Waals surface area contributed by atoms with Crippen LogP contribution in [0.2, 0.25) is 0 Å². The average molecular weight is 295 g/mol. The minimum Gasteiger partial charge on any atom is -0.393 e. The Kier molecular flexibility index (Phi) is 3.26. The first-order chi connectivity index (χ1) is 8.02. The molecular weight excluding hydrogens is 284 g/mol. The Morgan fingerprint density at radius 1 is 1.18 bits per heavy atom. The molecule has 0 aliphatic heterocycles. The van der Waals surface area contributed by atoms with E-state index in [1.807, 2.05) is 0 Å². The highest BCUT2D eigenvalue weighted by molar-refractivity contribution is 9.12. The van der Waals surface area contributed by atoms with Crippen LogP contribution in [0.15, 0.2) is 34.3 Å². The maximum atomic E-state index is 12.2. The number of carbonyl (C=O) groups is 2. The SMILES string of the molecule is CC(O)CC1=C(Br)C(=O)c2ccccc2C1=O. The first-order valence-electron chi connectivity index (χ1n) is 5.27. The highest BCUT2D eigenvalue weighted by Crippen LogP contribution is 2.31. The predicted molar refractivity (Wildman–Crippen MR) is 67.4 cm³/mol. The molecule has 1 atom stereocenters. The molecule has 2 rings (SSSR count). The summed E-state index contributed by atoms with van der Waals surface area (Å²) in [5.41, 5.74) is 1.18. The van der Waals surface area contributed by atoms with Crippen LogP contribution in [-0.2, 0) is 0 Å². The summed E-state index contributed by atoms with van der Waals surface area (Å²) in [5, 5.41) is 9.36. The van der Waals surface area contributed by atoms with E-state index < -0.39 is 6.10 Å². The smallest absolute Gasteiger partial charge is 0.201 e. The maximum absolute atomic E-state index is 12.2. The number of hydrogen-bond donors (Lipinski definition) is 1. The summed E-state index contributed by atoms with van der Waals surface area (Å²) in [4.78, 5) is 24.2. The number of Topliss-reactive ketones (excluding diaryl/α,β-unsaturated/α-hetero) is 2. The number of allylic oxidation sites excluding steroid dienone is 1. The molecule has 1 aliphatic carbocycles. The highest BCUT2D eigenvalue weighted by Gasteiger charge is 2.30. The molecule has 1 aromatic rings. The second kappa shape index (κ2) is 4.55. The first-order valence-corrected chi connectivity index (χ1v) is 6.06. The average Bonchev–Trinajstić information content (AvgIpc) is 2.31. The Bertz CT molecular complexity index is 529. The van der Waals surface area contributed by atoms with E-state index in [2.05, 4.69) is 15.9 Å². The molecular formula is C13H11BrO3. The lowest BCUT2D eigenvalue weighted by molar-refractivity contribution is 0.0968. The van der Waals surface area contributed by atoms with Gasteiger partial charge in [-0.25, -0.2) is 0 Å². The van der Waals surface area contributed by atoms with Crippen LogP contribution in [0.4, 0.5) is 0 Å². The Labute approximate surface area is 107 Å². The number of halogens is 1. The quantitative estimate of drug-likeness (QED) is 0.912. The topological polar surface area (TPSA) is 54.4 Å². The number of benzene rings is 1. The molecule has 4 heteroatoms. The number of aliphatic hydroxyl groups is 1. The molecule has 1 unspecified atom stereocenters. The van der Waals surface area contributed by atoms with Crippen LogP contribution in [0.25, 0.3) is 0 Å². The van der Waals surface area contributed by atoms with Gasteiger partial charge in [-0.2, -0.15) is 0 Å². The van der Waals surface area contributed by atoms with Gasteiger partial charge < -0.3 is 5.11 Å². The number of hydrogen-bond acceptors (Lipinski definition) is 3. The number of rotatable bonds is 2. The van der Waals surface area contributed by atoms with Crippen molar-refractivity contribution >= 4 is 27.5 Å². The van der Waals surface area contributed by atoms with Crippen molar-refractivity contribution in [2.45, 2.75) is 19.4 Å². The number of aliphatic hydroxyl groups excluding tert-OH is 1. The van der Waals surface area contributed by atoms with Gasteiger partial charge in [0.05, 0.1) is 10.6 Å². The molecule has 1 aromatic carbocycles. The van der Waals surface area contributed by atoms with E-state index in [9.17, 15) is 14.7 Å². The van der Waals surface area contributed by atoms with Gasteiger partial charge in [0.2, 0.25) is 5.78 Å². The summed E-state index contributed by atoms with van der Waals surface area (Å²) in [7, 11) is 0. The largest absolute Gasteiger partial charge is 0.393 e. The van der Waals surface area contributed by atoms with E-state index in [1.54, 1.807) is 31.2 Å². The molecule has 0 heterocycles. The summed E-state index contributed by atoms with van der Waals surface area (Å²) in [6.45, 7) is 1.59. The van der Waals surface area contributed by atoms with E-state index in [4.69, 9.17) is 0 Å². The van der Waals surface area contributed by atoms with Crippen molar-refractivity contribution in [3.63, 3.8) is 0 Å². The molecule has 88 valence electrons. The summed E-state index contributed by atoms with van der Waals surface area (Å²) >= 11 is 3.16. The van der Waals surface area contributed by atoms with Crippen LogP contribution in [0.1, 0.15) is 34.1 Å². The normalized spacial score (nSPS) is 17.1. The lowest BCUT2D eigenvalue weighted by atomic mass is 9.87. The Balaban J connectivity index is 2.54. The van der Waals surface area contributed by atoms with Gasteiger partial charge in [0.1, 0.15) is 0 Å². The third kappa shape index (κ3) is 2.10. The second-order valence-electron chi connectivity index (χ2n) is 4.05. The van der Waals surface area contributed by atoms with Gasteiger partial charge in [0.15, 0.2) is 5.78 Å². The van der Waals surface area contributed by atoms with Crippen molar-refractivity contribution in [2.75, 3.05) is 0 Å². The minimum atomic E-state index is -0.653. The second-order valence-corrected chi connectivity index (χ2v) is 4.84. The molecule has 0 spiro atoms. The van der Waals surface area contributed by atoms with Gasteiger partial charge in [-0.15, -0.1) is 0 Å². The van der Waals surface area contributed by atoms with Crippen molar-refractivity contribution in [2.24, 2.45) is 0 Å². The van der Waals surface area contributed by atoms with E-state index >= 15 is 0 Å².